The smallest absolute Gasteiger partial charge is 0.161 e. The fourth-order valence-electron chi connectivity index (χ4n) is 2.18. The Labute approximate surface area is 125 Å². The van der Waals surface area contributed by atoms with Crippen LogP contribution in [0.15, 0.2) is 18.2 Å². The summed E-state index contributed by atoms with van der Waals surface area (Å²) in [6.45, 7) is 3.49. The minimum Gasteiger partial charge on any atom is -0.493 e. The Hall–Kier alpha value is -2.08. The summed E-state index contributed by atoms with van der Waals surface area (Å²) >= 11 is 0. The molecule has 0 aliphatic carbocycles. The van der Waals surface area contributed by atoms with Gasteiger partial charge in [0, 0.05) is 13.6 Å². The van der Waals surface area contributed by atoms with Gasteiger partial charge in [0.15, 0.2) is 11.5 Å². The highest BCUT2D eigenvalue weighted by atomic mass is 16.5. The van der Waals surface area contributed by atoms with E-state index in [0.717, 1.165) is 41.8 Å². The number of methoxy groups -OCH3 is 2. The molecule has 0 bridgehead atoms. The lowest BCUT2D eigenvalue weighted by Crippen LogP contribution is -2.19. The summed E-state index contributed by atoms with van der Waals surface area (Å²) in [6.07, 6.45) is 0. The Morgan fingerprint density at radius 2 is 1.81 bits per heavy atom. The Morgan fingerprint density at radius 3 is 2.38 bits per heavy atom. The highest BCUT2D eigenvalue weighted by molar-refractivity contribution is 5.42. The van der Waals surface area contributed by atoms with E-state index in [0.29, 0.717) is 0 Å². The molecule has 21 heavy (non-hydrogen) atoms. The number of hydrogen-bond donors (Lipinski definition) is 0. The van der Waals surface area contributed by atoms with Crippen LogP contribution in [0.1, 0.15) is 17.2 Å². The van der Waals surface area contributed by atoms with Crippen LogP contribution in [0.4, 0.5) is 0 Å². The molecule has 6 nitrogen and oxygen atoms in total. The first-order valence-electron chi connectivity index (χ1n) is 6.79. The first kappa shape index (κ1) is 15.3. The van der Waals surface area contributed by atoms with Crippen LogP contribution in [0.2, 0.25) is 0 Å². The molecule has 0 spiro atoms. The maximum Gasteiger partial charge on any atom is 0.161 e. The number of aryl methyl sites for hydroxylation is 1. The SMILES string of the molecule is COc1ccc(CN(C)Cc2nnc(C)n2C)cc1OC. The van der Waals surface area contributed by atoms with E-state index in [2.05, 4.69) is 22.1 Å². The second kappa shape index (κ2) is 6.58. The summed E-state index contributed by atoms with van der Waals surface area (Å²) < 4.78 is 12.6. The Morgan fingerprint density at radius 1 is 1.10 bits per heavy atom. The fourth-order valence-corrected chi connectivity index (χ4v) is 2.18. The monoisotopic (exact) mass is 290 g/mol. The molecule has 0 aliphatic rings. The van der Waals surface area contributed by atoms with Crippen molar-refractivity contribution in [1.82, 2.24) is 19.7 Å². The quantitative estimate of drug-likeness (QED) is 0.811. The number of aromatic nitrogens is 3. The molecule has 1 aromatic carbocycles. The van der Waals surface area contributed by atoms with Crippen LogP contribution in [0.5, 0.6) is 11.5 Å². The van der Waals surface area contributed by atoms with Crippen molar-refractivity contribution in [2.45, 2.75) is 20.0 Å². The number of benzene rings is 1. The van der Waals surface area contributed by atoms with Gasteiger partial charge in [-0.3, -0.25) is 4.90 Å². The normalized spacial score (nSPS) is 11.0. The van der Waals surface area contributed by atoms with Crippen LogP contribution in [0, 0.1) is 6.92 Å². The van der Waals surface area contributed by atoms with Crippen molar-refractivity contribution in [2.24, 2.45) is 7.05 Å². The van der Waals surface area contributed by atoms with Gasteiger partial charge in [-0.25, -0.2) is 0 Å². The zero-order valence-corrected chi connectivity index (χ0v) is 13.3. The molecule has 0 aliphatic heterocycles. The van der Waals surface area contributed by atoms with Crippen molar-refractivity contribution in [1.29, 1.82) is 0 Å². The minimum absolute atomic E-state index is 0.742. The topological polar surface area (TPSA) is 52.4 Å². The van der Waals surface area contributed by atoms with Crippen molar-refractivity contribution < 1.29 is 9.47 Å². The maximum absolute atomic E-state index is 5.33. The molecule has 0 radical (unpaired) electrons. The van der Waals surface area contributed by atoms with Crippen molar-refractivity contribution in [3.63, 3.8) is 0 Å². The lowest BCUT2D eigenvalue weighted by Gasteiger charge is -2.17. The van der Waals surface area contributed by atoms with Gasteiger partial charge in [-0.1, -0.05) is 6.07 Å². The van der Waals surface area contributed by atoms with Gasteiger partial charge in [0.2, 0.25) is 0 Å². The molecule has 114 valence electrons. The van der Waals surface area contributed by atoms with Crippen LogP contribution < -0.4 is 9.47 Å². The molecule has 0 atom stereocenters. The summed E-state index contributed by atoms with van der Waals surface area (Å²) in [6, 6.07) is 5.96. The van der Waals surface area contributed by atoms with Crippen molar-refractivity contribution in [2.75, 3.05) is 21.3 Å². The van der Waals surface area contributed by atoms with Gasteiger partial charge in [0.25, 0.3) is 0 Å². The number of rotatable bonds is 6. The maximum atomic E-state index is 5.33. The van der Waals surface area contributed by atoms with Crippen LogP contribution in [-0.4, -0.2) is 40.9 Å². The third-order valence-corrected chi connectivity index (χ3v) is 3.49. The first-order valence-corrected chi connectivity index (χ1v) is 6.79. The molecule has 2 aromatic rings. The average molecular weight is 290 g/mol. The number of ether oxygens (including phenoxy) is 2. The summed E-state index contributed by atoms with van der Waals surface area (Å²) in [4.78, 5) is 2.19. The molecular weight excluding hydrogens is 268 g/mol. The zero-order valence-electron chi connectivity index (χ0n) is 13.3. The Balaban J connectivity index is 2.05. The van der Waals surface area contributed by atoms with Crippen LogP contribution in [0.25, 0.3) is 0 Å². The molecule has 0 saturated carbocycles. The lowest BCUT2D eigenvalue weighted by molar-refractivity contribution is 0.304. The molecule has 0 saturated heterocycles. The highest BCUT2D eigenvalue weighted by Crippen LogP contribution is 2.28. The molecular formula is C15H22N4O2. The van der Waals surface area contributed by atoms with E-state index in [9.17, 15) is 0 Å². The average Bonchev–Trinajstić information content (AvgIpc) is 2.79. The van der Waals surface area contributed by atoms with E-state index in [1.165, 1.54) is 0 Å². The third-order valence-electron chi connectivity index (χ3n) is 3.49. The van der Waals surface area contributed by atoms with Gasteiger partial charge in [0.05, 0.1) is 20.8 Å². The van der Waals surface area contributed by atoms with E-state index < -0.39 is 0 Å². The summed E-state index contributed by atoms with van der Waals surface area (Å²) in [5, 5.41) is 8.26. The van der Waals surface area contributed by atoms with E-state index in [1.54, 1.807) is 14.2 Å². The standard InChI is InChI=1S/C15H22N4O2/c1-11-16-17-15(19(11)3)10-18(2)9-12-6-7-13(20-4)14(8-12)21-5/h6-8H,9-10H2,1-5H3. The van der Waals surface area contributed by atoms with Crippen LogP contribution in [0.3, 0.4) is 0 Å². The first-order chi connectivity index (χ1) is 10.0. The van der Waals surface area contributed by atoms with Gasteiger partial charge in [-0.2, -0.15) is 0 Å². The fraction of sp³-hybridized carbons (Fsp3) is 0.467. The molecule has 0 amide bonds. The predicted octanol–water partition coefficient (Wildman–Crippen LogP) is 1.77. The van der Waals surface area contributed by atoms with Gasteiger partial charge < -0.3 is 14.0 Å². The van der Waals surface area contributed by atoms with Gasteiger partial charge in [-0.05, 0) is 31.7 Å². The molecule has 2 rings (SSSR count). The second-order valence-electron chi connectivity index (χ2n) is 5.08. The van der Waals surface area contributed by atoms with E-state index >= 15 is 0 Å². The molecule has 1 heterocycles. The molecule has 0 unspecified atom stereocenters. The number of hydrogen-bond acceptors (Lipinski definition) is 5. The van der Waals surface area contributed by atoms with Crippen molar-refractivity contribution in [3.8, 4) is 11.5 Å². The second-order valence-corrected chi connectivity index (χ2v) is 5.08. The molecule has 0 fully saturated rings. The van der Waals surface area contributed by atoms with E-state index in [4.69, 9.17) is 9.47 Å². The van der Waals surface area contributed by atoms with Gasteiger partial charge in [-0.15, -0.1) is 10.2 Å². The minimum atomic E-state index is 0.742. The van der Waals surface area contributed by atoms with Crippen molar-refractivity contribution >= 4 is 0 Å². The number of nitrogens with zero attached hydrogens (tertiary/aromatic N) is 4. The summed E-state index contributed by atoms with van der Waals surface area (Å²) in [5.74, 6) is 3.37. The lowest BCUT2D eigenvalue weighted by atomic mass is 10.2. The van der Waals surface area contributed by atoms with Gasteiger partial charge >= 0.3 is 0 Å². The summed E-state index contributed by atoms with van der Waals surface area (Å²) in [7, 11) is 7.32. The highest BCUT2D eigenvalue weighted by Gasteiger charge is 2.10. The van der Waals surface area contributed by atoms with Crippen LogP contribution in [-0.2, 0) is 20.1 Å². The Bertz CT molecular complexity index is 610. The summed E-state index contributed by atoms with van der Waals surface area (Å²) in [5.41, 5.74) is 1.16. The predicted molar refractivity (Wildman–Crippen MR) is 80.5 cm³/mol. The Kier molecular flexibility index (Phi) is 4.80. The molecule has 1 aromatic heterocycles. The molecule has 6 heteroatoms. The molecule has 0 N–H and O–H groups in total. The third kappa shape index (κ3) is 3.52. The van der Waals surface area contributed by atoms with Crippen molar-refractivity contribution in [3.05, 3.63) is 35.4 Å². The zero-order chi connectivity index (χ0) is 15.4. The largest absolute Gasteiger partial charge is 0.493 e. The van der Waals surface area contributed by atoms with Crippen LogP contribution >= 0.6 is 0 Å². The van der Waals surface area contributed by atoms with Gasteiger partial charge in [0.1, 0.15) is 11.6 Å². The van der Waals surface area contributed by atoms with E-state index in [-0.39, 0.29) is 0 Å². The van der Waals surface area contributed by atoms with E-state index in [1.807, 2.05) is 36.7 Å².